The number of hydrogen-bond donors (Lipinski definition) is 2. The Morgan fingerprint density at radius 1 is 1.58 bits per heavy atom. The third-order valence-electron chi connectivity index (χ3n) is 2.35. The Morgan fingerprint density at radius 2 is 2.32 bits per heavy atom. The number of hydrogen-bond acceptors (Lipinski definition) is 5. The Morgan fingerprint density at radius 3 is 2.95 bits per heavy atom. The molecule has 0 fully saturated rings. The first kappa shape index (κ1) is 15.5. The highest BCUT2D eigenvalue weighted by Crippen LogP contribution is 2.14. The van der Waals surface area contributed by atoms with E-state index < -0.39 is 0 Å². The van der Waals surface area contributed by atoms with Crippen LogP contribution in [0.2, 0.25) is 5.02 Å². The lowest BCUT2D eigenvalue weighted by Crippen LogP contribution is -2.33. The molecular weight excluding hydrogens is 272 g/mol. The van der Waals surface area contributed by atoms with Gasteiger partial charge in [0.1, 0.15) is 5.02 Å². The van der Waals surface area contributed by atoms with Gasteiger partial charge in [-0.2, -0.15) is 5.10 Å². The summed E-state index contributed by atoms with van der Waals surface area (Å²) in [7, 11) is 1.55. The molecule has 1 amide bonds. The second-order valence-corrected chi connectivity index (χ2v) is 4.07. The molecule has 2 N–H and O–H groups in total. The number of anilines is 1. The molecule has 1 aromatic rings. The predicted octanol–water partition coefficient (Wildman–Crippen LogP) is 0.0911. The van der Waals surface area contributed by atoms with Gasteiger partial charge in [0.2, 0.25) is 5.91 Å². The molecule has 106 valence electrons. The SMILES string of the molecule is CCn1ncc(NCC(=O)NCCOC)c(Cl)c1=O. The van der Waals surface area contributed by atoms with E-state index in [-0.39, 0.29) is 23.0 Å². The lowest BCUT2D eigenvalue weighted by molar-refractivity contribution is -0.119. The molecule has 0 radical (unpaired) electrons. The Kier molecular flexibility index (Phi) is 6.31. The fourth-order valence-electron chi connectivity index (χ4n) is 1.34. The second kappa shape index (κ2) is 7.75. The first-order chi connectivity index (χ1) is 9.10. The van der Waals surface area contributed by atoms with Crippen molar-refractivity contribution in [2.75, 3.05) is 32.1 Å². The van der Waals surface area contributed by atoms with Gasteiger partial charge in [-0.05, 0) is 6.92 Å². The third-order valence-corrected chi connectivity index (χ3v) is 2.72. The number of ether oxygens (including phenoxy) is 1. The number of aromatic nitrogens is 2. The maximum Gasteiger partial charge on any atom is 0.287 e. The van der Waals surface area contributed by atoms with E-state index in [1.807, 2.05) is 0 Å². The quantitative estimate of drug-likeness (QED) is 0.695. The van der Waals surface area contributed by atoms with E-state index >= 15 is 0 Å². The van der Waals surface area contributed by atoms with Gasteiger partial charge in [0.05, 0.1) is 25.0 Å². The average Bonchev–Trinajstić information content (AvgIpc) is 2.41. The van der Waals surface area contributed by atoms with Crippen LogP contribution in [0.1, 0.15) is 6.92 Å². The van der Waals surface area contributed by atoms with E-state index in [1.54, 1.807) is 14.0 Å². The molecule has 0 bridgehead atoms. The Labute approximate surface area is 115 Å². The van der Waals surface area contributed by atoms with Gasteiger partial charge in [-0.1, -0.05) is 11.6 Å². The van der Waals surface area contributed by atoms with Crippen LogP contribution in [-0.2, 0) is 16.1 Å². The molecule has 19 heavy (non-hydrogen) atoms. The molecule has 0 aliphatic heterocycles. The van der Waals surface area contributed by atoms with Gasteiger partial charge in [0, 0.05) is 20.2 Å². The van der Waals surface area contributed by atoms with Gasteiger partial charge in [-0.25, -0.2) is 4.68 Å². The van der Waals surface area contributed by atoms with Crippen molar-refractivity contribution in [1.29, 1.82) is 0 Å². The summed E-state index contributed by atoms with van der Waals surface area (Å²) in [5.41, 5.74) is -0.0350. The van der Waals surface area contributed by atoms with E-state index in [0.717, 1.165) is 0 Å². The average molecular weight is 289 g/mol. The molecule has 0 aliphatic carbocycles. The second-order valence-electron chi connectivity index (χ2n) is 3.69. The number of carbonyl (C=O) groups is 1. The summed E-state index contributed by atoms with van der Waals surface area (Å²) in [4.78, 5) is 23.1. The van der Waals surface area contributed by atoms with Crippen molar-refractivity contribution in [3.05, 3.63) is 21.6 Å². The van der Waals surface area contributed by atoms with Crippen LogP contribution in [0.15, 0.2) is 11.0 Å². The van der Waals surface area contributed by atoms with Crippen LogP contribution in [-0.4, -0.2) is 42.5 Å². The smallest absolute Gasteiger partial charge is 0.287 e. The molecular formula is C11H17ClN4O3. The van der Waals surface area contributed by atoms with Crippen LogP contribution in [0.25, 0.3) is 0 Å². The topological polar surface area (TPSA) is 85.2 Å². The molecule has 0 unspecified atom stereocenters. The number of methoxy groups -OCH3 is 1. The molecule has 1 rings (SSSR count). The number of nitrogens with one attached hydrogen (secondary N) is 2. The molecule has 0 aromatic carbocycles. The number of carbonyl (C=O) groups excluding carboxylic acids is 1. The highest BCUT2D eigenvalue weighted by molar-refractivity contribution is 6.33. The van der Waals surface area contributed by atoms with Gasteiger partial charge >= 0.3 is 0 Å². The first-order valence-electron chi connectivity index (χ1n) is 5.85. The molecule has 0 aliphatic rings. The minimum absolute atomic E-state index is 0.0146. The summed E-state index contributed by atoms with van der Waals surface area (Å²) in [6.07, 6.45) is 1.43. The highest BCUT2D eigenvalue weighted by atomic mass is 35.5. The van der Waals surface area contributed by atoms with Gasteiger partial charge in [-0.3, -0.25) is 9.59 Å². The van der Waals surface area contributed by atoms with Gasteiger partial charge in [0.25, 0.3) is 5.56 Å². The van der Waals surface area contributed by atoms with E-state index in [9.17, 15) is 9.59 Å². The molecule has 0 spiro atoms. The van der Waals surface area contributed by atoms with Crippen molar-refractivity contribution in [2.45, 2.75) is 13.5 Å². The summed E-state index contributed by atoms with van der Waals surface area (Å²) in [6.45, 7) is 3.12. The normalized spacial score (nSPS) is 10.3. The summed E-state index contributed by atoms with van der Waals surface area (Å²) < 4.78 is 6.05. The lowest BCUT2D eigenvalue weighted by atomic mass is 10.4. The predicted molar refractivity (Wildman–Crippen MR) is 72.6 cm³/mol. The summed E-state index contributed by atoms with van der Waals surface area (Å²) >= 11 is 5.90. The third kappa shape index (κ3) is 4.53. The fourth-order valence-corrected chi connectivity index (χ4v) is 1.56. The zero-order valence-corrected chi connectivity index (χ0v) is 11.7. The highest BCUT2D eigenvalue weighted by Gasteiger charge is 2.09. The van der Waals surface area contributed by atoms with Crippen molar-refractivity contribution >= 4 is 23.2 Å². The zero-order valence-electron chi connectivity index (χ0n) is 10.9. The molecule has 0 saturated heterocycles. The monoisotopic (exact) mass is 288 g/mol. The van der Waals surface area contributed by atoms with Crippen molar-refractivity contribution in [1.82, 2.24) is 15.1 Å². The zero-order chi connectivity index (χ0) is 14.3. The molecule has 1 heterocycles. The number of rotatable bonds is 7. The lowest BCUT2D eigenvalue weighted by Gasteiger charge is -2.09. The molecule has 1 aromatic heterocycles. The number of nitrogens with zero attached hydrogens (tertiary/aromatic N) is 2. The van der Waals surface area contributed by atoms with E-state index in [0.29, 0.717) is 25.4 Å². The van der Waals surface area contributed by atoms with E-state index in [1.165, 1.54) is 10.9 Å². The van der Waals surface area contributed by atoms with Gasteiger partial charge < -0.3 is 15.4 Å². The maximum absolute atomic E-state index is 11.7. The van der Waals surface area contributed by atoms with Crippen LogP contribution in [0.4, 0.5) is 5.69 Å². The first-order valence-corrected chi connectivity index (χ1v) is 6.23. The van der Waals surface area contributed by atoms with Gasteiger partial charge in [0.15, 0.2) is 0 Å². The standard InChI is InChI=1S/C11H17ClN4O3/c1-3-16-11(18)10(12)8(6-15-16)14-7-9(17)13-4-5-19-2/h6,14H,3-5,7H2,1-2H3,(H,13,17). The van der Waals surface area contributed by atoms with Crippen LogP contribution in [0.3, 0.4) is 0 Å². The van der Waals surface area contributed by atoms with Crippen molar-refractivity contribution in [3.8, 4) is 0 Å². The minimum atomic E-state index is -0.381. The van der Waals surface area contributed by atoms with E-state index in [4.69, 9.17) is 16.3 Å². The molecule has 8 heteroatoms. The van der Waals surface area contributed by atoms with Crippen LogP contribution in [0.5, 0.6) is 0 Å². The summed E-state index contributed by atoms with van der Waals surface area (Å²) in [5.74, 6) is -0.215. The van der Waals surface area contributed by atoms with Crippen LogP contribution in [0, 0.1) is 0 Å². The summed E-state index contributed by atoms with van der Waals surface area (Å²) in [6, 6.07) is 0. The van der Waals surface area contributed by atoms with Gasteiger partial charge in [-0.15, -0.1) is 0 Å². The fraction of sp³-hybridized carbons (Fsp3) is 0.545. The maximum atomic E-state index is 11.7. The van der Waals surface area contributed by atoms with E-state index in [2.05, 4.69) is 15.7 Å². The Bertz CT molecular complexity index is 489. The van der Waals surface area contributed by atoms with Crippen molar-refractivity contribution < 1.29 is 9.53 Å². The van der Waals surface area contributed by atoms with Crippen LogP contribution < -0.4 is 16.2 Å². The Balaban J connectivity index is 2.56. The minimum Gasteiger partial charge on any atom is -0.383 e. The number of aryl methyl sites for hydroxylation is 1. The summed E-state index contributed by atoms with van der Waals surface area (Å²) in [5, 5.41) is 9.35. The molecule has 0 atom stereocenters. The Hall–Kier alpha value is -1.60. The van der Waals surface area contributed by atoms with Crippen molar-refractivity contribution in [2.24, 2.45) is 0 Å². The van der Waals surface area contributed by atoms with Crippen LogP contribution >= 0.6 is 11.6 Å². The number of amides is 1. The van der Waals surface area contributed by atoms with Crippen molar-refractivity contribution in [3.63, 3.8) is 0 Å². The number of halogens is 1. The molecule has 7 nitrogen and oxygen atoms in total. The largest absolute Gasteiger partial charge is 0.383 e. The molecule has 0 saturated carbocycles.